The van der Waals surface area contributed by atoms with E-state index in [0.29, 0.717) is 18.0 Å². The number of carbonyl (C=O) groups excluding carboxylic acids is 1. The summed E-state index contributed by atoms with van der Waals surface area (Å²) >= 11 is 0. The number of benzene rings is 1. The molecule has 25 heavy (non-hydrogen) atoms. The number of likely N-dealkylation sites (tertiary alicyclic amines) is 1. The van der Waals surface area contributed by atoms with Gasteiger partial charge in [0, 0.05) is 41.6 Å². The molecular weight excluding hydrogens is 310 g/mol. The van der Waals surface area contributed by atoms with Crippen molar-refractivity contribution in [2.75, 3.05) is 13.1 Å². The van der Waals surface area contributed by atoms with E-state index in [0.717, 1.165) is 32.4 Å². The Bertz CT molecular complexity index is 807. The molecule has 2 aromatic rings. The maximum Gasteiger partial charge on any atom is 0.221 e. The van der Waals surface area contributed by atoms with Crippen LogP contribution in [0.5, 0.6) is 0 Å². The van der Waals surface area contributed by atoms with Crippen molar-refractivity contribution in [1.29, 1.82) is 0 Å². The van der Waals surface area contributed by atoms with Crippen LogP contribution in [0.4, 0.5) is 0 Å². The van der Waals surface area contributed by atoms with E-state index in [1.165, 1.54) is 22.0 Å². The molecule has 1 amide bonds. The lowest BCUT2D eigenvalue weighted by molar-refractivity contribution is -0.124. The third-order valence-electron chi connectivity index (χ3n) is 6.19. The molecule has 1 saturated heterocycles. The van der Waals surface area contributed by atoms with Gasteiger partial charge in [-0.25, -0.2) is 0 Å². The summed E-state index contributed by atoms with van der Waals surface area (Å²) in [6, 6.07) is 7.65. The molecule has 2 unspecified atom stereocenters. The smallest absolute Gasteiger partial charge is 0.221 e. The maximum atomic E-state index is 12.0. The summed E-state index contributed by atoms with van der Waals surface area (Å²) < 4.78 is 2.40. The van der Waals surface area contributed by atoms with Crippen molar-refractivity contribution in [3.8, 4) is 0 Å². The molecule has 0 radical (unpaired) electrons. The van der Waals surface area contributed by atoms with Gasteiger partial charge in [-0.2, -0.15) is 0 Å². The minimum atomic E-state index is -0.141. The van der Waals surface area contributed by atoms with Crippen LogP contribution in [-0.2, 0) is 11.2 Å². The molecule has 1 aliphatic heterocycles. The Kier molecular flexibility index (Phi) is 4.11. The summed E-state index contributed by atoms with van der Waals surface area (Å²) in [4.78, 5) is 14.5. The first kappa shape index (κ1) is 16.6. The molecule has 4 nitrogen and oxygen atoms in total. The molecule has 3 atom stereocenters. The van der Waals surface area contributed by atoms with Crippen molar-refractivity contribution in [2.24, 2.45) is 11.7 Å². The van der Waals surface area contributed by atoms with E-state index < -0.39 is 0 Å². The fraction of sp³-hybridized carbons (Fsp3) is 0.571. The number of amides is 1. The molecule has 0 spiro atoms. The Morgan fingerprint density at radius 3 is 2.84 bits per heavy atom. The van der Waals surface area contributed by atoms with E-state index in [1.807, 2.05) is 0 Å². The zero-order chi connectivity index (χ0) is 17.7. The highest BCUT2D eigenvalue weighted by atomic mass is 16.1. The molecule has 1 aromatic heterocycles. The number of fused-ring (bicyclic) bond motifs is 2. The molecule has 0 bridgehead atoms. The van der Waals surface area contributed by atoms with Gasteiger partial charge in [-0.15, -0.1) is 0 Å². The van der Waals surface area contributed by atoms with E-state index in [-0.39, 0.29) is 11.8 Å². The predicted molar refractivity (Wildman–Crippen MR) is 102 cm³/mol. The third-order valence-corrected chi connectivity index (χ3v) is 6.19. The van der Waals surface area contributed by atoms with Crippen LogP contribution < -0.4 is 5.73 Å². The van der Waals surface area contributed by atoms with Crippen LogP contribution in [0.1, 0.15) is 56.7 Å². The average Bonchev–Trinajstić information content (AvgIpc) is 2.96. The fourth-order valence-electron chi connectivity index (χ4n) is 5.11. The van der Waals surface area contributed by atoms with Gasteiger partial charge in [0.15, 0.2) is 0 Å². The van der Waals surface area contributed by atoms with Gasteiger partial charge in [0.2, 0.25) is 5.91 Å². The summed E-state index contributed by atoms with van der Waals surface area (Å²) in [6.07, 6.45) is 5.45. The van der Waals surface area contributed by atoms with Gasteiger partial charge in [-0.05, 0) is 56.8 Å². The van der Waals surface area contributed by atoms with Crippen molar-refractivity contribution in [3.05, 3.63) is 35.5 Å². The molecule has 134 valence electrons. The minimum Gasteiger partial charge on any atom is -0.369 e. The Labute approximate surface area is 150 Å². The molecule has 2 aliphatic rings. The van der Waals surface area contributed by atoms with Crippen molar-refractivity contribution in [2.45, 2.75) is 58.0 Å². The number of primary amides is 1. The summed E-state index contributed by atoms with van der Waals surface area (Å²) in [5.74, 6) is 0.242. The monoisotopic (exact) mass is 339 g/mol. The van der Waals surface area contributed by atoms with E-state index in [2.05, 4.69) is 54.6 Å². The third kappa shape index (κ3) is 2.58. The molecule has 4 rings (SSSR count). The highest BCUT2D eigenvalue weighted by Crippen LogP contribution is 2.45. The molecule has 0 saturated carbocycles. The molecular formula is C21H29N3O. The van der Waals surface area contributed by atoms with Gasteiger partial charge in [0.25, 0.3) is 0 Å². The van der Waals surface area contributed by atoms with Crippen LogP contribution in [0.3, 0.4) is 0 Å². The average molecular weight is 339 g/mol. The molecule has 1 fully saturated rings. The molecule has 1 aromatic carbocycles. The lowest BCUT2D eigenvalue weighted by Crippen LogP contribution is -2.52. The lowest BCUT2D eigenvalue weighted by Gasteiger charge is -2.46. The first-order valence-electron chi connectivity index (χ1n) is 9.67. The Morgan fingerprint density at radius 1 is 1.36 bits per heavy atom. The zero-order valence-corrected chi connectivity index (χ0v) is 15.5. The van der Waals surface area contributed by atoms with Gasteiger partial charge in [-0.3, -0.25) is 9.69 Å². The van der Waals surface area contributed by atoms with Crippen LogP contribution in [0.2, 0.25) is 0 Å². The normalized spacial score (nSPS) is 26.2. The number of hydrogen-bond donors (Lipinski definition) is 1. The van der Waals surface area contributed by atoms with Crippen LogP contribution in [0, 0.1) is 5.92 Å². The SMILES string of the molecule is CCCN1CC(C(N)=O)CC2c3cccc4c3c(cn4C(C)C)C[C@H]21. The number of carbonyl (C=O) groups is 1. The number of nitrogens with zero attached hydrogens (tertiary/aromatic N) is 2. The van der Waals surface area contributed by atoms with E-state index in [4.69, 9.17) is 5.73 Å². The van der Waals surface area contributed by atoms with Crippen molar-refractivity contribution in [3.63, 3.8) is 0 Å². The first-order valence-corrected chi connectivity index (χ1v) is 9.67. The number of aromatic nitrogens is 1. The van der Waals surface area contributed by atoms with Crippen molar-refractivity contribution >= 4 is 16.8 Å². The number of nitrogens with two attached hydrogens (primary N) is 1. The van der Waals surface area contributed by atoms with E-state index in [9.17, 15) is 4.79 Å². The fourth-order valence-corrected chi connectivity index (χ4v) is 5.11. The molecule has 2 heterocycles. The Morgan fingerprint density at radius 2 is 2.16 bits per heavy atom. The number of hydrogen-bond acceptors (Lipinski definition) is 2. The quantitative estimate of drug-likeness (QED) is 0.927. The van der Waals surface area contributed by atoms with Crippen LogP contribution in [0.25, 0.3) is 10.9 Å². The molecule has 4 heteroatoms. The molecule has 2 N–H and O–H groups in total. The number of rotatable bonds is 4. The second kappa shape index (κ2) is 6.17. The Balaban J connectivity index is 1.84. The molecule has 1 aliphatic carbocycles. The van der Waals surface area contributed by atoms with Crippen LogP contribution >= 0.6 is 0 Å². The summed E-state index contributed by atoms with van der Waals surface area (Å²) in [5.41, 5.74) is 9.95. The largest absolute Gasteiger partial charge is 0.369 e. The van der Waals surface area contributed by atoms with Crippen molar-refractivity contribution in [1.82, 2.24) is 9.47 Å². The highest BCUT2D eigenvalue weighted by Gasteiger charge is 2.42. The standard InChI is InChI=1S/C21H29N3O/c1-4-8-23-11-15(21(22)25)9-17-16-6-5-7-18-20(16)14(10-19(17)23)12-24(18)13(2)3/h5-7,12-13,15,17,19H,4,8-11H2,1-3H3,(H2,22,25)/t15?,17?,19-/m1/s1. The first-order chi connectivity index (χ1) is 12.0. The van der Waals surface area contributed by atoms with Crippen molar-refractivity contribution < 1.29 is 4.79 Å². The maximum absolute atomic E-state index is 12.0. The van der Waals surface area contributed by atoms with E-state index >= 15 is 0 Å². The van der Waals surface area contributed by atoms with Crippen LogP contribution in [0.15, 0.2) is 24.4 Å². The predicted octanol–water partition coefficient (Wildman–Crippen LogP) is 3.45. The van der Waals surface area contributed by atoms with Gasteiger partial charge in [0.05, 0.1) is 5.92 Å². The van der Waals surface area contributed by atoms with Gasteiger partial charge >= 0.3 is 0 Å². The van der Waals surface area contributed by atoms with E-state index in [1.54, 1.807) is 0 Å². The minimum absolute atomic E-state index is 0.0307. The Hall–Kier alpha value is -1.81. The summed E-state index contributed by atoms with van der Waals surface area (Å²) in [7, 11) is 0. The zero-order valence-electron chi connectivity index (χ0n) is 15.5. The second-order valence-electron chi connectivity index (χ2n) is 8.10. The topological polar surface area (TPSA) is 51.3 Å². The summed E-state index contributed by atoms with van der Waals surface area (Å²) in [6.45, 7) is 8.56. The number of piperidine rings is 1. The van der Waals surface area contributed by atoms with Gasteiger partial charge < -0.3 is 10.3 Å². The van der Waals surface area contributed by atoms with Crippen LogP contribution in [-0.4, -0.2) is 34.5 Å². The second-order valence-corrected chi connectivity index (χ2v) is 8.10. The van der Waals surface area contributed by atoms with Gasteiger partial charge in [0.1, 0.15) is 0 Å². The highest BCUT2D eigenvalue weighted by molar-refractivity contribution is 5.89. The summed E-state index contributed by atoms with van der Waals surface area (Å²) in [5, 5.41) is 1.43. The van der Waals surface area contributed by atoms with Gasteiger partial charge in [-0.1, -0.05) is 19.1 Å². The lowest BCUT2D eigenvalue weighted by atomic mass is 9.72.